The first kappa shape index (κ1) is 14.8. The summed E-state index contributed by atoms with van der Waals surface area (Å²) in [5.74, 6) is 0.134. The molecule has 2 aromatic rings. The summed E-state index contributed by atoms with van der Waals surface area (Å²) in [5, 5.41) is 14.1. The summed E-state index contributed by atoms with van der Waals surface area (Å²) in [6.07, 6.45) is 0. The molecule has 2 rings (SSSR count). The van der Waals surface area contributed by atoms with Crippen molar-refractivity contribution in [3.05, 3.63) is 57.3 Å². The molecule has 6 heteroatoms. The fraction of sp³-hybridized carbons (Fsp3) is 0.267. The molecule has 1 aromatic heterocycles. The maximum atomic E-state index is 11.5. The lowest BCUT2D eigenvalue weighted by molar-refractivity contribution is -0.383. The second-order valence-corrected chi connectivity index (χ2v) is 4.97. The fourth-order valence-corrected chi connectivity index (χ4v) is 2.16. The van der Waals surface area contributed by atoms with E-state index in [4.69, 9.17) is 0 Å². The summed E-state index contributed by atoms with van der Waals surface area (Å²) >= 11 is 0. The van der Waals surface area contributed by atoms with Crippen LogP contribution in [0, 0.1) is 17.0 Å². The maximum Gasteiger partial charge on any atom is 0.311 e. The molecule has 1 heterocycles. The van der Waals surface area contributed by atoms with Gasteiger partial charge in [-0.1, -0.05) is 29.8 Å². The Balaban J connectivity index is 2.28. The average molecular weight is 287 g/mol. The zero-order valence-corrected chi connectivity index (χ0v) is 12.2. The van der Waals surface area contributed by atoms with Gasteiger partial charge < -0.3 is 9.88 Å². The van der Waals surface area contributed by atoms with Gasteiger partial charge in [0.1, 0.15) is 0 Å². The van der Waals surface area contributed by atoms with Crippen molar-refractivity contribution in [2.75, 3.05) is 5.32 Å². The van der Waals surface area contributed by atoms with Crippen LogP contribution in [-0.2, 0) is 13.6 Å². The Morgan fingerprint density at radius 1 is 1.33 bits per heavy atom. The third-order valence-electron chi connectivity index (χ3n) is 3.35. The van der Waals surface area contributed by atoms with Crippen LogP contribution in [0.3, 0.4) is 0 Å². The van der Waals surface area contributed by atoms with Gasteiger partial charge in [-0.2, -0.15) is 0 Å². The molecule has 0 bridgehead atoms. The standard InChI is InChI=1S/C15H17N3O3/c1-10-4-6-12(7-5-10)9-16-15-14(18(20)21)8-13(11(2)19)17(15)3/h4-8,16H,9H2,1-3H3. The third-order valence-corrected chi connectivity index (χ3v) is 3.35. The van der Waals surface area contributed by atoms with Gasteiger partial charge in [-0.15, -0.1) is 0 Å². The molecule has 0 amide bonds. The number of Topliss-reactive ketones (excluding diaryl/α,β-unsaturated/α-hetero) is 1. The average Bonchev–Trinajstić information content (AvgIpc) is 2.76. The molecule has 1 aromatic carbocycles. The minimum atomic E-state index is -0.482. The molecular formula is C15H17N3O3. The fourth-order valence-electron chi connectivity index (χ4n) is 2.16. The van der Waals surface area contributed by atoms with Gasteiger partial charge in [0.15, 0.2) is 11.6 Å². The van der Waals surface area contributed by atoms with Gasteiger partial charge in [0, 0.05) is 26.6 Å². The molecule has 110 valence electrons. The molecule has 6 nitrogen and oxygen atoms in total. The van der Waals surface area contributed by atoms with E-state index in [1.807, 2.05) is 31.2 Å². The lowest BCUT2D eigenvalue weighted by Crippen LogP contribution is -2.08. The van der Waals surface area contributed by atoms with Crippen LogP contribution in [0.25, 0.3) is 0 Å². The number of carbonyl (C=O) groups is 1. The van der Waals surface area contributed by atoms with Crippen molar-refractivity contribution in [3.8, 4) is 0 Å². The van der Waals surface area contributed by atoms with Crippen molar-refractivity contribution in [2.45, 2.75) is 20.4 Å². The number of anilines is 1. The SMILES string of the molecule is CC(=O)c1cc([N+](=O)[O-])c(NCc2ccc(C)cc2)n1C. The Morgan fingerprint density at radius 3 is 2.48 bits per heavy atom. The third kappa shape index (κ3) is 3.10. The maximum absolute atomic E-state index is 11.5. The summed E-state index contributed by atoms with van der Waals surface area (Å²) < 4.78 is 1.52. The Morgan fingerprint density at radius 2 is 1.95 bits per heavy atom. The van der Waals surface area contributed by atoms with Crippen molar-refractivity contribution in [3.63, 3.8) is 0 Å². The predicted molar refractivity (Wildman–Crippen MR) is 80.6 cm³/mol. The molecule has 21 heavy (non-hydrogen) atoms. The van der Waals surface area contributed by atoms with Crippen LogP contribution in [0.5, 0.6) is 0 Å². The second-order valence-electron chi connectivity index (χ2n) is 4.97. The lowest BCUT2D eigenvalue weighted by Gasteiger charge is -2.08. The number of rotatable bonds is 5. The van der Waals surface area contributed by atoms with E-state index in [0.717, 1.165) is 11.1 Å². The van der Waals surface area contributed by atoms with E-state index >= 15 is 0 Å². The van der Waals surface area contributed by atoms with E-state index < -0.39 is 4.92 Å². The highest BCUT2D eigenvalue weighted by atomic mass is 16.6. The van der Waals surface area contributed by atoms with Crippen molar-refractivity contribution in [1.82, 2.24) is 4.57 Å². The van der Waals surface area contributed by atoms with E-state index in [9.17, 15) is 14.9 Å². The topological polar surface area (TPSA) is 77.2 Å². The Labute approximate surface area is 122 Å². The molecule has 0 aliphatic heterocycles. The van der Waals surface area contributed by atoms with Gasteiger partial charge in [0.05, 0.1) is 10.6 Å². The molecule has 0 unspecified atom stereocenters. The normalized spacial score (nSPS) is 10.4. The van der Waals surface area contributed by atoms with E-state index in [1.165, 1.54) is 17.6 Å². The van der Waals surface area contributed by atoms with Crippen LogP contribution < -0.4 is 5.32 Å². The van der Waals surface area contributed by atoms with Gasteiger partial charge in [0.2, 0.25) is 0 Å². The number of nitro groups is 1. The summed E-state index contributed by atoms with van der Waals surface area (Å²) in [6.45, 7) is 3.84. The van der Waals surface area contributed by atoms with Crippen LogP contribution in [-0.4, -0.2) is 15.3 Å². The Kier molecular flexibility index (Phi) is 4.07. The zero-order valence-electron chi connectivity index (χ0n) is 12.2. The molecule has 0 atom stereocenters. The number of aromatic nitrogens is 1. The predicted octanol–water partition coefficient (Wildman–Crippen LogP) is 3.06. The first-order chi connectivity index (χ1) is 9.90. The van der Waals surface area contributed by atoms with E-state index in [0.29, 0.717) is 18.1 Å². The monoisotopic (exact) mass is 287 g/mol. The van der Waals surface area contributed by atoms with E-state index in [1.54, 1.807) is 7.05 Å². The number of nitrogens with one attached hydrogen (secondary N) is 1. The van der Waals surface area contributed by atoms with Gasteiger partial charge in [0.25, 0.3) is 0 Å². The summed E-state index contributed by atoms with van der Waals surface area (Å²) in [6, 6.07) is 9.20. The number of ketones is 1. The first-order valence-corrected chi connectivity index (χ1v) is 6.54. The molecule has 0 aliphatic carbocycles. The van der Waals surface area contributed by atoms with E-state index in [-0.39, 0.29) is 11.5 Å². The highest BCUT2D eigenvalue weighted by Crippen LogP contribution is 2.28. The quantitative estimate of drug-likeness (QED) is 0.521. The van der Waals surface area contributed by atoms with Crippen molar-refractivity contribution in [2.24, 2.45) is 7.05 Å². The van der Waals surface area contributed by atoms with Crippen molar-refractivity contribution in [1.29, 1.82) is 0 Å². The molecule has 0 spiro atoms. The zero-order chi connectivity index (χ0) is 15.6. The smallest absolute Gasteiger partial charge is 0.311 e. The highest BCUT2D eigenvalue weighted by molar-refractivity contribution is 5.95. The largest absolute Gasteiger partial charge is 0.362 e. The number of nitrogens with zero attached hydrogens (tertiary/aromatic N) is 2. The van der Waals surface area contributed by atoms with Crippen molar-refractivity contribution >= 4 is 17.3 Å². The summed E-state index contributed by atoms with van der Waals surface area (Å²) in [7, 11) is 1.64. The Bertz CT molecular complexity index is 687. The van der Waals surface area contributed by atoms with Gasteiger partial charge in [-0.05, 0) is 12.5 Å². The highest BCUT2D eigenvalue weighted by Gasteiger charge is 2.23. The van der Waals surface area contributed by atoms with Gasteiger partial charge in [-0.25, -0.2) is 0 Å². The van der Waals surface area contributed by atoms with Crippen LogP contribution >= 0.6 is 0 Å². The van der Waals surface area contributed by atoms with Crippen LogP contribution in [0.15, 0.2) is 30.3 Å². The first-order valence-electron chi connectivity index (χ1n) is 6.54. The van der Waals surface area contributed by atoms with Crippen LogP contribution in [0.2, 0.25) is 0 Å². The van der Waals surface area contributed by atoms with Gasteiger partial charge in [-0.3, -0.25) is 14.9 Å². The number of carbonyl (C=O) groups excluding carboxylic acids is 1. The van der Waals surface area contributed by atoms with Gasteiger partial charge >= 0.3 is 5.69 Å². The molecule has 1 N–H and O–H groups in total. The summed E-state index contributed by atoms with van der Waals surface area (Å²) in [5.41, 5.74) is 2.39. The van der Waals surface area contributed by atoms with Crippen molar-refractivity contribution < 1.29 is 9.72 Å². The second kappa shape index (κ2) is 5.78. The molecule has 0 saturated heterocycles. The van der Waals surface area contributed by atoms with Crippen LogP contribution in [0.4, 0.5) is 11.5 Å². The molecule has 0 saturated carbocycles. The number of hydrogen-bond acceptors (Lipinski definition) is 4. The molecule has 0 radical (unpaired) electrons. The number of benzene rings is 1. The molecule has 0 fully saturated rings. The molecular weight excluding hydrogens is 270 g/mol. The van der Waals surface area contributed by atoms with E-state index in [2.05, 4.69) is 5.32 Å². The Hall–Kier alpha value is -2.63. The summed E-state index contributed by atoms with van der Waals surface area (Å²) in [4.78, 5) is 22.1. The number of hydrogen-bond donors (Lipinski definition) is 1. The number of aryl methyl sites for hydroxylation is 1. The molecule has 0 aliphatic rings. The lowest BCUT2D eigenvalue weighted by atomic mass is 10.1. The van der Waals surface area contributed by atoms with Crippen LogP contribution in [0.1, 0.15) is 28.5 Å². The minimum absolute atomic E-state index is 0.0881. The minimum Gasteiger partial charge on any atom is -0.362 e.